The molecule has 3 fully saturated rings. The Kier molecular flexibility index (Phi) is 6.34. The fourth-order valence-corrected chi connectivity index (χ4v) is 18.7. The molecule has 0 radical (unpaired) electrons. The monoisotopic (exact) mass is 400 g/mol. The number of rotatable bonds is 5. The van der Waals surface area contributed by atoms with E-state index in [9.17, 15) is 0 Å². The van der Waals surface area contributed by atoms with Crippen molar-refractivity contribution in [2.45, 2.75) is 113 Å². The Balaban J connectivity index is 2.00. The molecule has 0 N–H and O–H groups in total. The summed E-state index contributed by atoms with van der Waals surface area (Å²) in [7, 11) is 0. The summed E-state index contributed by atoms with van der Waals surface area (Å²) in [5.74, 6) is 0. The summed E-state index contributed by atoms with van der Waals surface area (Å²) >= 11 is 4.80. The van der Waals surface area contributed by atoms with Crippen LogP contribution in [0.5, 0.6) is 0 Å². The SMILES string of the molecule is C=CCP(Br)(C1CCCCC1)(C1CCCCC1)C1CCCCC1. The van der Waals surface area contributed by atoms with Gasteiger partial charge in [0.25, 0.3) is 0 Å². The zero-order valence-corrected chi connectivity index (χ0v) is 17.6. The van der Waals surface area contributed by atoms with Crippen LogP contribution in [0.4, 0.5) is 0 Å². The second kappa shape index (κ2) is 7.90. The summed E-state index contributed by atoms with van der Waals surface area (Å²) in [6, 6.07) is 0. The van der Waals surface area contributed by atoms with Crippen LogP contribution in [0.1, 0.15) is 96.3 Å². The van der Waals surface area contributed by atoms with Crippen molar-refractivity contribution in [3.05, 3.63) is 12.7 Å². The third kappa shape index (κ3) is 3.36. The van der Waals surface area contributed by atoms with E-state index >= 15 is 0 Å². The van der Waals surface area contributed by atoms with Crippen LogP contribution in [-0.2, 0) is 0 Å². The second-order valence-corrected chi connectivity index (χ2v) is 19.3. The van der Waals surface area contributed by atoms with E-state index in [-0.39, 0.29) is 0 Å². The van der Waals surface area contributed by atoms with Crippen LogP contribution in [0.25, 0.3) is 0 Å². The summed E-state index contributed by atoms with van der Waals surface area (Å²) in [5, 5.41) is -1.90. The summed E-state index contributed by atoms with van der Waals surface area (Å²) in [6.07, 6.45) is 26.2. The van der Waals surface area contributed by atoms with Crippen LogP contribution < -0.4 is 0 Å². The van der Waals surface area contributed by atoms with Gasteiger partial charge in [0.2, 0.25) is 0 Å². The first-order valence-electron chi connectivity index (χ1n) is 10.5. The van der Waals surface area contributed by atoms with Crippen LogP contribution >= 0.6 is 20.8 Å². The second-order valence-electron chi connectivity index (χ2n) is 8.75. The molecule has 0 aromatic heterocycles. The van der Waals surface area contributed by atoms with Crippen LogP contribution in [0, 0.1) is 0 Å². The number of allylic oxidation sites excluding steroid dienone is 1. The van der Waals surface area contributed by atoms with E-state index < -0.39 is 5.31 Å². The molecule has 23 heavy (non-hydrogen) atoms. The average Bonchev–Trinajstić information content (AvgIpc) is 2.64. The topological polar surface area (TPSA) is 0 Å². The van der Waals surface area contributed by atoms with Crippen molar-refractivity contribution in [2.75, 3.05) is 6.16 Å². The van der Waals surface area contributed by atoms with Crippen molar-refractivity contribution in [2.24, 2.45) is 0 Å². The minimum absolute atomic E-state index is 1.01. The predicted octanol–water partition coefficient (Wildman–Crippen LogP) is 8.03. The van der Waals surface area contributed by atoms with E-state index in [0.717, 1.165) is 17.0 Å². The van der Waals surface area contributed by atoms with E-state index in [1.54, 1.807) is 0 Å². The van der Waals surface area contributed by atoms with Crippen molar-refractivity contribution in [3.63, 3.8) is 0 Å². The first-order chi connectivity index (χ1) is 11.2. The molecule has 0 aliphatic heterocycles. The van der Waals surface area contributed by atoms with Gasteiger partial charge in [0.15, 0.2) is 0 Å². The van der Waals surface area contributed by atoms with Gasteiger partial charge in [0, 0.05) is 0 Å². The molecule has 134 valence electrons. The van der Waals surface area contributed by atoms with Gasteiger partial charge in [-0.2, -0.15) is 0 Å². The first kappa shape index (κ1) is 18.4. The molecule has 0 spiro atoms. The molecule has 3 aliphatic rings. The molecule has 0 saturated heterocycles. The van der Waals surface area contributed by atoms with Crippen molar-refractivity contribution >= 4 is 20.8 Å². The zero-order chi connectivity index (χ0) is 16.2. The third-order valence-corrected chi connectivity index (χ3v) is 21.3. The van der Waals surface area contributed by atoms with Crippen LogP contribution in [0.2, 0.25) is 0 Å². The molecule has 0 aromatic carbocycles. The van der Waals surface area contributed by atoms with E-state index in [4.69, 9.17) is 15.5 Å². The first-order valence-corrected chi connectivity index (χ1v) is 15.2. The van der Waals surface area contributed by atoms with E-state index in [0.29, 0.717) is 0 Å². The third-order valence-electron chi connectivity index (χ3n) is 7.69. The molecule has 0 aromatic rings. The fraction of sp³-hybridized carbons (Fsp3) is 0.905. The molecule has 0 atom stereocenters. The molecular weight excluding hydrogens is 363 g/mol. The van der Waals surface area contributed by atoms with Crippen LogP contribution in [0.15, 0.2) is 12.7 Å². The fourth-order valence-electron chi connectivity index (χ4n) is 6.59. The van der Waals surface area contributed by atoms with Gasteiger partial charge < -0.3 is 0 Å². The Bertz CT molecular complexity index is 338. The van der Waals surface area contributed by atoms with Gasteiger partial charge in [-0.15, -0.1) is 0 Å². The molecule has 0 heterocycles. The summed E-state index contributed by atoms with van der Waals surface area (Å²) in [5.41, 5.74) is 3.04. The van der Waals surface area contributed by atoms with Gasteiger partial charge in [-0.25, -0.2) is 0 Å². The van der Waals surface area contributed by atoms with Crippen molar-refractivity contribution in [3.8, 4) is 0 Å². The Morgan fingerprint density at radius 1 is 0.652 bits per heavy atom. The Morgan fingerprint density at radius 3 is 1.22 bits per heavy atom. The standard InChI is InChI=1S/C21H38BrP/c1-2-18-23(22,19-12-6-3-7-13-19,20-14-8-4-9-15-20)21-16-10-5-11-17-21/h2,19-21H,1,3-18H2. The number of hydrogen-bond donors (Lipinski definition) is 0. The Hall–Kier alpha value is 0.650. The number of halogens is 1. The molecule has 3 saturated carbocycles. The molecule has 0 nitrogen and oxygen atoms in total. The molecule has 0 bridgehead atoms. The predicted molar refractivity (Wildman–Crippen MR) is 112 cm³/mol. The van der Waals surface area contributed by atoms with E-state index in [1.807, 2.05) is 0 Å². The molecule has 2 heteroatoms. The Labute approximate surface area is 152 Å². The summed E-state index contributed by atoms with van der Waals surface area (Å²) in [4.78, 5) is 0. The van der Waals surface area contributed by atoms with Crippen molar-refractivity contribution < 1.29 is 0 Å². The average molecular weight is 401 g/mol. The molecule has 0 amide bonds. The molecule has 3 rings (SSSR count). The van der Waals surface area contributed by atoms with Crippen LogP contribution in [-0.4, -0.2) is 23.1 Å². The van der Waals surface area contributed by atoms with Gasteiger partial charge in [0.1, 0.15) is 0 Å². The van der Waals surface area contributed by atoms with Crippen molar-refractivity contribution in [1.29, 1.82) is 0 Å². The maximum absolute atomic E-state index is 4.80. The quantitative estimate of drug-likeness (QED) is 0.323. The van der Waals surface area contributed by atoms with Gasteiger partial charge in [-0.1, -0.05) is 0 Å². The maximum atomic E-state index is 4.80. The molecule has 0 unspecified atom stereocenters. The van der Waals surface area contributed by atoms with E-state index in [1.165, 1.54) is 102 Å². The van der Waals surface area contributed by atoms with E-state index in [2.05, 4.69) is 12.7 Å². The van der Waals surface area contributed by atoms with Gasteiger partial charge >= 0.3 is 153 Å². The minimum atomic E-state index is -1.90. The summed E-state index contributed by atoms with van der Waals surface area (Å²) < 4.78 is 0. The van der Waals surface area contributed by atoms with Crippen molar-refractivity contribution in [1.82, 2.24) is 0 Å². The molecular formula is C21H38BrP. The van der Waals surface area contributed by atoms with Gasteiger partial charge in [0.05, 0.1) is 0 Å². The normalized spacial score (nSPS) is 28.1. The Morgan fingerprint density at radius 2 is 0.957 bits per heavy atom. The van der Waals surface area contributed by atoms with Gasteiger partial charge in [-0.05, 0) is 0 Å². The number of hydrogen-bond acceptors (Lipinski definition) is 0. The van der Waals surface area contributed by atoms with Crippen LogP contribution in [0.3, 0.4) is 0 Å². The van der Waals surface area contributed by atoms with Gasteiger partial charge in [-0.3, -0.25) is 0 Å². The molecule has 3 aliphatic carbocycles. The summed E-state index contributed by atoms with van der Waals surface area (Å²) in [6.45, 7) is 4.28. The zero-order valence-electron chi connectivity index (χ0n) is 15.2.